The van der Waals surface area contributed by atoms with E-state index in [1.807, 2.05) is 31.2 Å². The summed E-state index contributed by atoms with van der Waals surface area (Å²) in [4.78, 5) is 11.5. The van der Waals surface area contributed by atoms with E-state index in [2.05, 4.69) is 14.6 Å². The van der Waals surface area contributed by atoms with Gasteiger partial charge in [0.05, 0.1) is 22.0 Å². The molecule has 1 saturated heterocycles. The molecular weight excluding hydrogens is 424 g/mol. The smallest absolute Gasteiger partial charge is 0.263 e. The topological polar surface area (TPSA) is 84.4 Å². The number of fused-ring (bicyclic) bond motifs is 1. The van der Waals surface area contributed by atoms with Crippen LogP contribution in [0.2, 0.25) is 5.02 Å². The number of hydrogen-bond acceptors (Lipinski definition) is 6. The summed E-state index contributed by atoms with van der Waals surface area (Å²) >= 11 is 5.98. The van der Waals surface area contributed by atoms with Crippen LogP contribution in [0.4, 0.5) is 11.6 Å². The number of aromatic nitrogens is 2. The summed E-state index contributed by atoms with van der Waals surface area (Å²) < 4.78 is 34.3. The number of halogens is 1. The molecule has 0 unspecified atom stereocenters. The van der Waals surface area contributed by atoms with Gasteiger partial charge in [-0.3, -0.25) is 4.72 Å². The molecule has 0 atom stereocenters. The summed E-state index contributed by atoms with van der Waals surface area (Å²) in [5.41, 5.74) is 1.33. The molecule has 158 valence electrons. The maximum atomic E-state index is 13.0. The van der Waals surface area contributed by atoms with Crippen LogP contribution in [0, 0.1) is 0 Å². The molecule has 1 N–H and O–H groups in total. The quantitative estimate of drug-likeness (QED) is 0.613. The number of nitrogens with one attached hydrogen (secondary N) is 1. The van der Waals surface area contributed by atoms with Gasteiger partial charge in [-0.15, -0.1) is 0 Å². The summed E-state index contributed by atoms with van der Waals surface area (Å²) in [6.45, 7) is 4.10. The highest BCUT2D eigenvalue weighted by molar-refractivity contribution is 7.92. The molecule has 1 aliphatic rings. The van der Waals surface area contributed by atoms with E-state index in [0.717, 1.165) is 12.8 Å². The first-order valence-corrected chi connectivity index (χ1v) is 11.7. The normalized spacial score (nSPS) is 15.5. The van der Waals surface area contributed by atoms with Crippen molar-refractivity contribution in [3.8, 4) is 0 Å². The number of anilines is 2. The van der Waals surface area contributed by atoms with Gasteiger partial charge < -0.3 is 9.64 Å². The van der Waals surface area contributed by atoms with Crippen molar-refractivity contribution in [3.63, 3.8) is 0 Å². The van der Waals surface area contributed by atoms with Crippen molar-refractivity contribution < 1.29 is 13.2 Å². The number of para-hydroxylation sites is 2. The molecular formula is C21H23ClN4O3S. The van der Waals surface area contributed by atoms with Crippen molar-refractivity contribution in [2.24, 2.45) is 0 Å². The number of benzene rings is 2. The van der Waals surface area contributed by atoms with Crippen molar-refractivity contribution in [3.05, 3.63) is 53.6 Å². The lowest BCUT2D eigenvalue weighted by Gasteiger charge is -2.33. The lowest BCUT2D eigenvalue weighted by Crippen LogP contribution is -2.38. The minimum atomic E-state index is -3.87. The molecule has 2 heterocycles. The van der Waals surface area contributed by atoms with Crippen LogP contribution in [0.15, 0.2) is 53.4 Å². The fraction of sp³-hybridized carbons (Fsp3) is 0.333. The molecule has 0 radical (unpaired) electrons. The fourth-order valence-corrected chi connectivity index (χ4v) is 4.87. The highest BCUT2D eigenvalue weighted by Crippen LogP contribution is 2.30. The van der Waals surface area contributed by atoms with E-state index >= 15 is 0 Å². The van der Waals surface area contributed by atoms with Gasteiger partial charge in [-0.2, -0.15) is 0 Å². The Kier molecular flexibility index (Phi) is 6.08. The minimum Gasteiger partial charge on any atom is -0.378 e. The second-order valence-electron chi connectivity index (χ2n) is 7.09. The standard InChI is InChI=1S/C21H23ClN4O3S/c1-2-29-16-10-12-26(13-11-16)21-20(23-18-8-3-4-9-19(18)24-21)25-30(27,28)17-7-5-6-15(22)14-17/h3-9,14,16H,2,10-13H2,1H3,(H,23,25). The van der Waals surface area contributed by atoms with Crippen molar-refractivity contribution in [1.29, 1.82) is 0 Å². The van der Waals surface area contributed by atoms with Crippen LogP contribution in [0.5, 0.6) is 0 Å². The van der Waals surface area contributed by atoms with Gasteiger partial charge in [-0.25, -0.2) is 18.4 Å². The highest BCUT2D eigenvalue weighted by Gasteiger charge is 2.26. The predicted octanol–water partition coefficient (Wildman–Crippen LogP) is 4.09. The Balaban J connectivity index is 1.70. The third-order valence-corrected chi connectivity index (χ3v) is 6.61. The largest absolute Gasteiger partial charge is 0.378 e. The van der Waals surface area contributed by atoms with Crippen LogP contribution < -0.4 is 9.62 Å². The first-order valence-electron chi connectivity index (χ1n) is 9.88. The summed E-state index contributed by atoms with van der Waals surface area (Å²) in [7, 11) is -3.87. The second-order valence-corrected chi connectivity index (χ2v) is 9.21. The van der Waals surface area contributed by atoms with Gasteiger partial charge in [0.15, 0.2) is 11.6 Å². The number of ether oxygens (including phenoxy) is 1. The maximum Gasteiger partial charge on any atom is 0.263 e. The Morgan fingerprint density at radius 1 is 1.10 bits per heavy atom. The van der Waals surface area contributed by atoms with Crippen molar-refractivity contribution in [1.82, 2.24) is 9.97 Å². The molecule has 4 rings (SSSR count). The van der Waals surface area contributed by atoms with Gasteiger partial charge in [0.25, 0.3) is 10.0 Å². The van der Waals surface area contributed by atoms with Crippen molar-refractivity contribution in [2.75, 3.05) is 29.3 Å². The van der Waals surface area contributed by atoms with Gasteiger partial charge in [0.2, 0.25) is 0 Å². The van der Waals surface area contributed by atoms with Crippen molar-refractivity contribution in [2.45, 2.75) is 30.8 Å². The summed E-state index contributed by atoms with van der Waals surface area (Å²) in [6, 6.07) is 13.5. The predicted molar refractivity (Wildman–Crippen MR) is 119 cm³/mol. The number of sulfonamides is 1. The number of piperidine rings is 1. The van der Waals surface area contributed by atoms with Crippen LogP contribution in [0.25, 0.3) is 11.0 Å². The third kappa shape index (κ3) is 4.50. The molecule has 0 amide bonds. The summed E-state index contributed by atoms with van der Waals surface area (Å²) in [5.74, 6) is 0.734. The molecule has 1 aliphatic heterocycles. The van der Waals surface area contributed by atoms with Crippen LogP contribution in [0.1, 0.15) is 19.8 Å². The first kappa shape index (κ1) is 20.8. The molecule has 0 aliphatic carbocycles. The van der Waals surface area contributed by atoms with Crippen LogP contribution >= 0.6 is 11.6 Å². The first-order chi connectivity index (χ1) is 14.5. The summed E-state index contributed by atoms with van der Waals surface area (Å²) in [5, 5.41) is 0.348. The maximum absolute atomic E-state index is 13.0. The monoisotopic (exact) mass is 446 g/mol. The highest BCUT2D eigenvalue weighted by atomic mass is 35.5. The van der Waals surface area contributed by atoms with E-state index in [1.54, 1.807) is 12.1 Å². The number of nitrogens with zero attached hydrogens (tertiary/aromatic N) is 3. The molecule has 0 saturated carbocycles. The number of rotatable bonds is 6. The van der Waals surface area contributed by atoms with Gasteiger partial charge in [0, 0.05) is 24.7 Å². The van der Waals surface area contributed by atoms with E-state index in [9.17, 15) is 8.42 Å². The Labute approximate surface area is 181 Å². The van der Waals surface area contributed by atoms with Crippen LogP contribution in [-0.4, -0.2) is 44.2 Å². The molecule has 30 heavy (non-hydrogen) atoms. The fourth-order valence-electron chi connectivity index (χ4n) is 3.57. The lowest BCUT2D eigenvalue weighted by molar-refractivity contribution is 0.0458. The van der Waals surface area contributed by atoms with E-state index in [-0.39, 0.29) is 16.8 Å². The van der Waals surface area contributed by atoms with Crippen LogP contribution in [0.3, 0.4) is 0 Å². The average molecular weight is 447 g/mol. The van der Waals surface area contributed by atoms with Gasteiger partial charge in [-0.05, 0) is 50.1 Å². The van der Waals surface area contributed by atoms with E-state index in [0.29, 0.717) is 41.6 Å². The molecule has 0 bridgehead atoms. The SMILES string of the molecule is CCOC1CCN(c2nc3ccccc3nc2NS(=O)(=O)c2cccc(Cl)c2)CC1. The minimum absolute atomic E-state index is 0.0750. The zero-order valence-electron chi connectivity index (χ0n) is 16.6. The third-order valence-electron chi connectivity index (χ3n) is 5.03. The van der Waals surface area contributed by atoms with Crippen molar-refractivity contribution >= 4 is 44.3 Å². The zero-order valence-corrected chi connectivity index (χ0v) is 18.2. The van der Waals surface area contributed by atoms with E-state index in [1.165, 1.54) is 12.1 Å². The zero-order chi connectivity index (χ0) is 21.1. The lowest BCUT2D eigenvalue weighted by atomic mass is 10.1. The molecule has 1 fully saturated rings. The van der Waals surface area contributed by atoms with E-state index < -0.39 is 10.0 Å². The molecule has 1 aromatic heterocycles. The Morgan fingerprint density at radius 2 is 1.80 bits per heavy atom. The van der Waals surface area contributed by atoms with Gasteiger partial charge in [-0.1, -0.05) is 29.8 Å². The Morgan fingerprint density at radius 3 is 2.47 bits per heavy atom. The molecule has 3 aromatic rings. The second kappa shape index (κ2) is 8.75. The number of hydrogen-bond donors (Lipinski definition) is 1. The summed E-state index contributed by atoms with van der Waals surface area (Å²) in [6.07, 6.45) is 1.91. The molecule has 2 aromatic carbocycles. The Bertz CT molecular complexity index is 1150. The van der Waals surface area contributed by atoms with Crippen LogP contribution in [-0.2, 0) is 14.8 Å². The van der Waals surface area contributed by atoms with Gasteiger partial charge >= 0.3 is 0 Å². The van der Waals surface area contributed by atoms with E-state index in [4.69, 9.17) is 21.3 Å². The average Bonchev–Trinajstić information content (AvgIpc) is 2.74. The molecule has 9 heteroatoms. The molecule has 0 spiro atoms. The Hall–Kier alpha value is -2.42. The molecule has 7 nitrogen and oxygen atoms in total. The van der Waals surface area contributed by atoms with Gasteiger partial charge in [0.1, 0.15) is 0 Å².